The Morgan fingerprint density at radius 3 is 2.25 bits per heavy atom. The van der Waals surface area contributed by atoms with Crippen LogP contribution in [-0.2, 0) is 4.79 Å². The van der Waals surface area contributed by atoms with E-state index in [4.69, 9.17) is 0 Å². The first-order valence-electron chi connectivity index (χ1n) is 2.91. The third-order valence-corrected chi connectivity index (χ3v) is 0.705. The molecule has 8 heavy (non-hydrogen) atoms. The zero-order valence-electron chi connectivity index (χ0n) is 5.32. The fraction of sp³-hybridized carbons (Fsp3) is 0.800. The van der Waals surface area contributed by atoms with Crippen molar-refractivity contribution in [3.8, 4) is 0 Å². The van der Waals surface area contributed by atoms with E-state index in [1.807, 2.05) is 13.8 Å². The first kappa shape index (κ1) is 7.43. The number of carbonyl (C=O) groups is 1. The summed E-state index contributed by atoms with van der Waals surface area (Å²) in [6, 6.07) is 0. The van der Waals surface area contributed by atoms with E-state index < -0.39 is 0 Å². The fourth-order valence-electron chi connectivity index (χ4n) is 0.400. The van der Waals surface area contributed by atoms with Crippen LogP contribution in [0.25, 0.3) is 0 Å². The molecule has 0 saturated carbocycles. The highest BCUT2D eigenvalue weighted by molar-refractivity contribution is 5.77. The zero-order valence-corrected chi connectivity index (χ0v) is 5.32. The Labute approximate surface area is 49.4 Å². The number of amides is 1. The van der Waals surface area contributed by atoms with Gasteiger partial charge in [0.05, 0.1) is 0 Å². The number of rotatable bonds is 0. The molecule has 0 spiro atoms. The molecule has 0 unspecified atom stereocenters. The molecule has 0 aromatic carbocycles. The molecule has 3 heteroatoms. The molecule has 1 saturated heterocycles. The van der Waals surface area contributed by atoms with E-state index in [0.29, 0.717) is 6.42 Å². The minimum absolute atomic E-state index is 0.0926. The minimum atomic E-state index is 0.0926. The first-order valence-corrected chi connectivity index (χ1v) is 2.91. The lowest BCUT2D eigenvalue weighted by molar-refractivity contribution is -0.119. The van der Waals surface area contributed by atoms with Crippen LogP contribution in [0.4, 0.5) is 0 Å². The van der Waals surface area contributed by atoms with Crippen molar-refractivity contribution in [1.29, 1.82) is 0 Å². The molecule has 48 valence electrons. The van der Waals surface area contributed by atoms with Gasteiger partial charge in [0.25, 0.3) is 0 Å². The van der Waals surface area contributed by atoms with Crippen LogP contribution in [0.2, 0.25) is 0 Å². The summed E-state index contributed by atoms with van der Waals surface area (Å²) in [5.41, 5.74) is 5.10. The average Bonchev–Trinajstić information content (AvgIpc) is 2.24. The number of nitrogens with one attached hydrogen (secondary N) is 2. The molecule has 1 fully saturated rings. The van der Waals surface area contributed by atoms with Gasteiger partial charge < -0.3 is 0 Å². The molecule has 1 aliphatic rings. The summed E-state index contributed by atoms with van der Waals surface area (Å²) in [4.78, 5) is 10.1. The second-order valence-corrected chi connectivity index (χ2v) is 1.22. The highest BCUT2D eigenvalue weighted by atomic mass is 16.2. The van der Waals surface area contributed by atoms with Crippen molar-refractivity contribution in [2.45, 2.75) is 20.3 Å². The molecule has 0 aromatic heterocycles. The molecular formula is C5H12N2O. The van der Waals surface area contributed by atoms with Gasteiger partial charge in [0.15, 0.2) is 0 Å². The van der Waals surface area contributed by atoms with Crippen LogP contribution in [-0.4, -0.2) is 12.5 Å². The summed E-state index contributed by atoms with van der Waals surface area (Å²) in [5, 5.41) is 0. The highest BCUT2D eigenvalue weighted by Gasteiger charge is 2.04. The Hall–Kier alpha value is -0.570. The largest absolute Gasteiger partial charge is 0.292 e. The van der Waals surface area contributed by atoms with Crippen LogP contribution in [0.15, 0.2) is 0 Å². The second kappa shape index (κ2) is 4.59. The molecule has 1 aliphatic heterocycles. The Morgan fingerprint density at radius 1 is 1.50 bits per heavy atom. The van der Waals surface area contributed by atoms with E-state index in [2.05, 4.69) is 10.9 Å². The van der Waals surface area contributed by atoms with Crippen LogP contribution in [0.1, 0.15) is 20.3 Å². The fourth-order valence-corrected chi connectivity index (χ4v) is 0.400. The van der Waals surface area contributed by atoms with Crippen molar-refractivity contribution in [2.24, 2.45) is 0 Å². The molecule has 1 rings (SSSR count). The molecule has 1 heterocycles. The van der Waals surface area contributed by atoms with Crippen molar-refractivity contribution in [2.75, 3.05) is 6.54 Å². The lowest BCUT2D eigenvalue weighted by Crippen LogP contribution is -2.25. The monoisotopic (exact) mass is 116 g/mol. The molecule has 0 aromatic rings. The quantitative estimate of drug-likeness (QED) is 0.469. The Morgan fingerprint density at radius 2 is 2.12 bits per heavy atom. The number of hydrazine groups is 1. The van der Waals surface area contributed by atoms with E-state index >= 15 is 0 Å². The third kappa shape index (κ3) is 2.58. The average molecular weight is 116 g/mol. The molecule has 2 N–H and O–H groups in total. The Balaban J connectivity index is 0.000000222. The standard InChI is InChI=1S/C3H6N2O.C2H6/c6-3-1-2-4-5-3;1-2/h4H,1-2H2,(H,5,6);1-2H3. The maximum absolute atomic E-state index is 10.1. The summed E-state index contributed by atoms with van der Waals surface area (Å²) >= 11 is 0. The first-order chi connectivity index (χ1) is 3.89. The van der Waals surface area contributed by atoms with Crippen molar-refractivity contribution < 1.29 is 4.79 Å². The summed E-state index contributed by atoms with van der Waals surface area (Å²) < 4.78 is 0. The number of hydrogen-bond donors (Lipinski definition) is 2. The Kier molecular flexibility index (Phi) is 4.26. The van der Waals surface area contributed by atoms with E-state index in [-0.39, 0.29) is 5.91 Å². The molecule has 0 radical (unpaired) electrons. The second-order valence-electron chi connectivity index (χ2n) is 1.22. The highest BCUT2D eigenvalue weighted by Crippen LogP contribution is 1.79. The summed E-state index contributed by atoms with van der Waals surface area (Å²) in [7, 11) is 0. The van der Waals surface area contributed by atoms with Crippen LogP contribution in [0.3, 0.4) is 0 Å². The summed E-state index contributed by atoms with van der Waals surface area (Å²) in [5.74, 6) is 0.0926. The van der Waals surface area contributed by atoms with Crippen LogP contribution in [0.5, 0.6) is 0 Å². The molecule has 0 aliphatic carbocycles. The van der Waals surface area contributed by atoms with Crippen LogP contribution in [0, 0.1) is 0 Å². The van der Waals surface area contributed by atoms with Gasteiger partial charge in [0.1, 0.15) is 0 Å². The maximum atomic E-state index is 10.1. The van der Waals surface area contributed by atoms with Gasteiger partial charge in [-0.3, -0.25) is 10.2 Å². The summed E-state index contributed by atoms with van der Waals surface area (Å²) in [6.45, 7) is 4.78. The van der Waals surface area contributed by atoms with E-state index in [1.165, 1.54) is 0 Å². The van der Waals surface area contributed by atoms with Gasteiger partial charge in [-0.25, -0.2) is 5.43 Å². The molecule has 0 bridgehead atoms. The van der Waals surface area contributed by atoms with Gasteiger partial charge >= 0.3 is 0 Å². The van der Waals surface area contributed by atoms with E-state index in [1.54, 1.807) is 0 Å². The lowest BCUT2D eigenvalue weighted by atomic mass is 10.5. The predicted molar refractivity (Wildman–Crippen MR) is 32.1 cm³/mol. The van der Waals surface area contributed by atoms with Gasteiger partial charge in [0.2, 0.25) is 5.91 Å². The van der Waals surface area contributed by atoms with Crippen molar-refractivity contribution >= 4 is 5.91 Å². The molecule has 0 atom stereocenters. The molecule has 3 nitrogen and oxygen atoms in total. The van der Waals surface area contributed by atoms with Gasteiger partial charge in [0, 0.05) is 13.0 Å². The normalized spacial score (nSPS) is 16.5. The summed E-state index contributed by atoms with van der Waals surface area (Å²) in [6.07, 6.45) is 0.625. The van der Waals surface area contributed by atoms with Crippen LogP contribution >= 0.6 is 0 Å². The maximum Gasteiger partial charge on any atom is 0.235 e. The molecule has 1 amide bonds. The minimum Gasteiger partial charge on any atom is -0.292 e. The number of carbonyl (C=O) groups excluding carboxylic acids is 1. The van der Waals surface area contributed by atoms with E-state index in [0.717, 1.165) is 6.54 Å². The molecular weight excluding hydrogens is 104 g/mol. The van der Waals surface area contributed by atoms with Crippen molar-refractivity contribution in [3.05, 3.63) is 0 Å². The lowest BCUT2D eigenvalue weighted by Gasteiger charge is -1.83. The van der Waals surface area contributed by atoms with E-state index in [9.17, 15) is 4.79 Å². The van der Waals surface area contributed by atoms with Gasteiger partial charge in [-0.2, -0.15) is 0 Å². The van der Waals surface area contributed by atoms with Crippen molar-refractivity contribution in [3.63, 3.8) is 0 Å². The van der Waals surface area contributed by atoms with Gasteiger partial charge in [-0.15, -0.1) is 0 Å². The number of hydrogen-bond acceptors (Lipinski definition) is 2. The topological polar surface area (TPSA) is 41.1 Å². The van der Waals surface area contributed by atoms with Gasteiger partial charge in [-0.1, -0.05) is 13.8 Å². The third-order valence-electron chi connectivity index (χ3n) is 0.705. The smallest absolute Gasteiger partial charge is 0.235 e. The zero-order chi connectivity index (χ0) is 6.41. The van der Waals surface area contributed by atoms with Gasteiger partial charge in [-0.05, 0) is 0 Å². The predicted octanol–water partition coefficient (Wildman–Crippen LogP) is 0.0371. The van der Waals surface area contributed by atoms with Crippen molar-refractivity contribution in [1.82, 2.24) is 10.9 Å². The Bertz CT molecular complexity index is 64.8. The van der Waals surface area contributed by atoms with Crippen LogP contribution < -0.4 is 10.9 Å². The SMILES string of the molecule is CC.O=C1CCNN1.